The number of likely N-dealkylation sites (tertiary alicyclic amines) is 1. The van der Waals surface area contributed by atoms with Crippen molar-refractivity contribution in [1.82, 2.24) is 19.7 Å². The molecule has 0 saturated carbocycles. The van der Waals surface area contributed by atoms with Gasteiger partial charge in [-0.1, -0.05) is 54.9 Å². The summed E-state index contributed by atoms with van der Waals surface area (Å²) in [4.78, 5) is 14.6. The van der Waals surface area contributed by atoms with Gasteiger partial charge >= 0.3 is 0 Å². The Bertz CT molecular complexity index is 712. The van der Waals surface area contributed by atoms with E-state index < -0.39 is 0 Å². The van der Waals surface area contributed by atoms with E-state index in [2.05, 4.69) is 26.9 Å². The van der Waals surface area contributed by atoms with Crippen LogP contribution in [0, 0.1) is 0 Å². The van der Waals surface area contributed by atoms with Gasteiger partial charge in [-0.3, -0.25) is 4.79 Å². The van der Waals surface area contributed by atoms with E-state index in [4.69, 9.17) is 4.74 Å². The minimum Gasteiger partial charge on any atom is -0.383 e. The summed E-state index contributed by atoms with van der Waals surface area (Å²) in [6, 6.07) is 10.2. The molecule has 0 spiro atoms. The molecule has 1 aliphatic heterocycles. The van der Waals surface area contributed by atoms with Gasteiger partial charge in [0.25, 0.3) is 0 Å². The maximum Gasteiger partial charge on any atom is 0.233 e. The molecular formula is C20H28N4O2S. The van der Waals surface area contributed by atoms with Gasteiger partial charge in [0.15, 0.2) is 5.16 Å². The number of thioether (sulfide) groups is 1. The molecule has 27 heavy (non-hydrogen) atoms. The normalized spacial score (nSPS) is 14.9. The summed E-state index contributed by atoms with van der Waals surface area (Å²) >= 11 is 1.48. The summed E-state index contributed by atoms with van der Waals surface area (Å²) < 4.78 is 7.33. The molecule has 6 nitrogen and oxygen atoms in total. The zero-order valence-electron chi connectivity index (χ0n) is 16.0. The number of hydrogen-bond acceptors (Lipinski definition) is 5. The topological polar surface area (TPSA) is 60.2 Å². The Balaban J connectivity index is 1.65. The van der Waals surface area contributed by atoms with Gasteiger partial charge in [0.1, 0.15) is 5.82 Å². The van der Waals surface area contributed by atoms with Gasteiger partial charge in [0, 0.05) is 33.2 Å². The third kappa shape index (κ3) is 5.81. The van der Waals surface area contributed by atoms with Crippen molar-refractivity contribution in [2.24, 2.45) is 0 Å². The van der Waals surface area contributed by atoms with Crippen molar-refractivity contribution in [2.45, 2.75) is 43.8 Å². The zero-order chi connectivity index (χ0) is 18.9. The average molecular weight is 389 g/mol. The number of carbonyl (C=O) groups excluding carboxylic acids is 1. The molecule has 0 radical (unpaired) electrons. The second kappa shape index (κ2) is 10.5. The lowest BCUT2D eigenvalue weighted by Gasteiger charge is -2.19. The van der Waals surface area contributed by atoms with E-state index in [0.29, 0.717) is 18.9 Å². The van der Waals surface area contributed by atoms with Crippen molar-refractivity contribution in [3.63, 3.8) is 0 Å². The third-order valence-electron chi connectivity index (χ3n) is 4.80. The molecule has 0 aliphatic carbocycles. The van der Waals surface area contributed by atoms with E-state index in [-0.39, 0.29) is 5.91 Å². The van der Waals surface area contributed by atoms with Crippen molar-refractivity contribution in [3.8, 4) is 0 Å². The predicted octanol–water partition coefficient (Wildman–Crippen LogP) is 3.01. The number of benzene rings is 1. The summed E-state index contributed by atoms with van der Waals surface area (Å²) in [7, 11) is 1.69. The van der Waals surface area contributed by atoms with Crippen LogP contribution in [0.15, 0.2) is 35.5 Å². The molecule has 1 aromatic carbocycles. The molecule has 0 atom stereocenters. The predicted molar refractivity (Wildman–Crippen MR) is 107 cm³/mol. The molecule has 2 heterocycles. The highest BCUT2D eigenvalue weighted by Gasteiger charge is 2.18. The van der Waals surface area contributed by atoms with E-state index in [1.807, 2.05) is 23.1 Å². The fraction of sp³-hybridized carbons (Fsp3) is 0.550. The van der Waals surface area contributed by atoms with Crippen molar-refractivity contribution in [1.29, 1.82) is 0 Å². The molecule has 1 saturated heterocycles. The van der Waals surface area contributed by atoms with Crippen LogP contribution in [0.3, 0.4) is 0 Å². The van der Waals surface area contributed by atoms with E-state index >= 15 is 0 Å². The van der Waals surface area contributed by atoms with Crippen LogP contribution in [-0.4, -0.2) is 58.1 Å². The van der Waals surface area contributed by atoms with Crippen molar-refractivity contribution >= 4 is 17.7 Å². The molecule has 2 aromatic rings. The Morgan fingerprint density at radius 3 is 2.56 bits per heavy atom. The van der Waals surface area contributed by atoms with Crippen molar-refractivity contribution in [2.75, 3.05) is 32.6 Å². The maximum absolute atomic E-state index is 12.6. The Kier molecular flexibility index (Phi) is 7.71. The summed E-state index contributed by atoms with van der Waals surface area (Å²) in [6.07, 6.45) is 5.40. The van der Waals surface area contributed by atoms with Crippen LogP contribution in [0.1, 0.15) is 37.1 Å². The monoisotopic (exact) mass is 388 g/mol. The summed E-state index contributed by atoms with van der Waals surface area (Å²) in [6.45, 7) is 3.05. The lowest BCUT2D eigenvalue weighted by molar-refractivity contribution is -0.128. The highest BCUT2D eigenvalue weighted by molar-refractivity contribution is 7.99. The third-order valence-corrected chi connectivity index (χ3v) is 5.75. The molecular weight excluding hydrogens is 360 g/mol. The number of hydrogen-bond donors (Lipinski definition) is 0. The molecule has 146 valence electrons. The van der Waals surface area contributed by atoms with E-state index in [9.17, 15) is 4.79 Å². The fourth-order valence-electron chi connectivity index (χ4n) is 3.28. The molecule has 0 N–H and O–H groups in total. The molecule has 3 rings (SSSR count). The standard InChI is InChI=1S/C20H28N4O2S/c1-26-14-13-24-18(15-17-9-5-4-6-10-17)21-22-20(24)27-16-19(25)23-11-7-2-3-8-12-23/h4-6,9-10H,2-3,7-8,11-16H2,1H3. The molecule has 0 unspecified atom stereocenters. The number of rotatable bonds is 8. The quantitative estimate of drug-likeness (QED) is 0.651. The van der Waals surface area contributed by atoms with Crippen LogP contribution in [0.25, 0.3) is 0 Å². The number of carbonyl (C=O) groups is 1. The van der Waals surface area contributed by atoms with E-state index in [0.717, 1.165) is 43.3 Å². The van der Waals surface area contributed by atoms with Gasteiger partial charge < -0.3 is 14.2 Å². The Morgan fingerprint density at radius 1 is 1.11 bits per heavy atom. The highest BCUT2D eigenvalue weighted by Crippen LogP contribution is 2.20. The SMILES string of the molecule is COCCn1c(Cc2ccccc2)nnc1SCC(=O)N1CCCCCC1. The molecule has 1 fully saturated rings. The second-order valence-corrected chi connectivity index (χ2v) is 7.73. The first kappa shape index (κ1) is 19.9. The smallest absolute Gasteiger partial charge is 0.233 e. The molecule has 0 bridgehead atoms. The van der Waals surface area contributed by atoms with Gasteiger partial charge in [-0.05, 0) is 18.4 Å². The van der Waals surface area contributed by atoms with Crippen LogP contribution in [0.2, 0.25) is 0 Å². The highest BCUT2D eigenvalue weighted by atomic mass is 32.2. The number of amides is 1. The fourth-order valence-corrected chi connectivity index (χ4v) is 4.17. The first-order chi connectivity index (χ1) is 13.3. The van der Waals surface area contributed by atoms with Crippen LogP contribution in [-0.2, 0) is 22.5 Å². The first-order valence-corrected chi connectivity index (χ1v) is 10.6. The van der Waals surface area contributed by atoms with Gasteiger partial charge in [-0.15, -0.1) is 10.2 Å². The molecule has 1 aromatic heterocycles. The molecule has 1 amide bonds. The largest absolute Gasteiger partial charge is 0.383 e. The minimum absolute atomic E-state index is 0.202. The summed E-state index contributed by atoms with van der Waals surface area (Å²) in [5.74, 6) is 1.52. The Hall–Kier alpha value is -1.86. The van der Waals surface area contributed by atoms with Crippen molar-refractivity contribution in [3.05, 3.63) is 41.7 Å². The van der Waals surface area contributed by atoms with Gasteiger partial charge in [-0.2, -0.15) is 0 Å². The van der Waals surface area contributed by atoms with E-state index in [1.165, 1.54) is 30.2 Å². The van der Waals surface area contributed by atoms with Gasteiger partial charge in [0.2, 0.25) is 5.91 Å². The number of ether oxygens (including phenoxy) is 1. The van der Waals surface area contributed by atoms with Gasteiger partial charge in [0.05, 0.1) is 12.4 Å². The molecule has 7 heteroatoms. The lowest BCUT2D eigenvalue weighted by atomic mass is 10.1. The molecule has 1 aliphatic rings. The lowest BCUT2D eigenvalue weighted by Crippen LogP contribution is -2.33. The number of methoxy groups -OCH3 is 1. The Morgan fingerprint density at radius 2 is 1.85 bits per heavy atom. The number of aromatic nitrogens is 3. The van der Waals surface area contributed by atoms with Crippen LogP contribution in [0.5, 0.6) is 0 Å². The maximum atomic E-state index is 12.6. The van der Waals surface area contributed by atoms with Gasteiger partial charge in [-0.25, -0.2) is 0 Å². The van der Waals surface area contributed by atoms with Crippen LogP contribution >= 0.6 is 11.8 Å². The van der Waals surface area contributed by atoms with E-state index in [1.54, 1.807) is 7.11 Å². The van der Waals surface area contributed by atoms with Crippen LogP contribution < -0.4 is 0 Å². The van der Waals surface area contributed by atoms with Crippen LogP contribution in [0.4, 0.5) is 0 Å². The summed E-state index contributed by atoms with van der Waals surface area (Å²) in [5, 5.41) is 9.52. The zero-order valence-corrected chi connectivity index (χ0v) is 16.8. The second-order valence-electron chi connectivity index (χ2n) is 6.79. The Labute approximate surface area is 165 Å². The first-order valence-electron chi connectivity index (χ1n) is 9.63. The summed E-state index contributed by atoms with van der Waals surface area (Å²) in [5.41, 5.74) is 1.20. The minimum atomic E-state index is 0.202. The van der Waals surface area contributed by atoms with Crippen molar-refractivity contribution < 1.29 is 9.53 Å². The average Bonchev–Trinajstić information content (AvgIpc) is 2.89. The number of nitrogens with zero attached hydrogens (tertiary/aromatic N) is 4.